The number of benzene rings is 1. The normalized spacial score (nSPS) is 17.7. The van der Waals surface area contributed by atoms with E-state index in [1.807, 2.05) is 10.7 Å². The molecule has 2 aliphatic rings. The maximum Gasteiger partial charge on any atom is 0.261 e. The Bertz CT molecular complexity index is 1190. The fourth-order valence-electron chi connectivity index (χ4n) is 4.74. The summed E-state index contributed by atoms with van der Waals surface area (Å²) >= 11 is 0. The molecule has 2 fully saturated rings. The van der Waals surface area contributed by atoms with Gasteiger partial charge in [0.05, 0.1) is 24.0 Å². The lowest BCUT2D eigenvalue weighted by Crippen LogP contribution is -2.18. The Morgan fingerprint density at radius 3 is 2.81 bits per heavy atom. The van der Waals surface area contributed by atoms with E-state index in [9.17, 15) is 10.1 Å². The maximum absolute atomic E-state index is 12.7. The van der Waals surface area contributed by atoms with Crippen molar-refractivity contribution in [3.8, 4) is 6.07 Å². The van der Waals surface area contributed by atoms with Gasteiger partial charge in [0.1, 0.15) is 5.39 Å². The molecule has 0 spiro atoms. The van der Waals surface area contributed by atoms with Crippen molar-refractivity contribution in [3.05, 3.63) is 51.9 Å². The Morgan fingerprint density at radius 2 is 2.10 bits per heavy atom. The van der Waals surface area contributed by atoms with Crippen LogP contribution in [0.1, 0.15) is 49.3 Å². The summed E-state index contributed by atoms with van der Waals surface area (Å²) in [6.45, 7) is 5.48. The van der Waals surface area contributed by atoms with Crippen LogP contribution >= 0.6 is 0 Å². The zero-order valence-corrected chi connectivity index (χ0v) is 17.9. The molecule has 7 heteroatoms. The minimum atomic E-state index is -0.167. The van der Waals surface area contributed by atoms with Gasteiger partial charge in [0.25, 0.3) is 5.56 Å². The van der Waals surface area contributed by atoms with Crippen LogP contribution in [0.25, 0.3) is 10.9 Å². The summed E-state index contributed by atoms with van der Waals surface area (Å²) in [6, 6.07) is 10.5. The quantitative estimate of drug-likeness (QED) is 0.601. The van der Waals surface area contributed by atoms with Crippen LogP contribution in [-0.4, -0.2) is 32.8 Å². The Labute approximate surface area is 181 Å². The molecule has 1 atom stereocenters. The van der Waals surface area contributed by atoms with Crippen LogP contribution in [0.4, 0.5) is 11.5 Å². The molecular weight excluding hydrogens is 388 g/mol. The summed E-state index contributed by atoms with van der Waals surface area (Å²) in [5.74, 6) is 1.01. The maximum atomic E-state index is 12.7. The topological polar surface area (TPSA) is 89.7 Å². The van der Waals surface area contributed by atoms with E-state index >= 15 is 0 Å². The van der Waals surface area contributed by atoms with Crippen molar-refractivity contribution in [1.82, 2.24) is 19.7 Å². The highest BCUT2D eigenvalue weighted by Crippen LogP contribution is 2.43. The van der Waals surface area contributed by atoms with Crippen LogP contribution in [0.2, 0.25) is 0 Å². The average Bonchev–Trinajstić information content (AvgIpc) is 3.34. The van der Waals surface area contributed by atoms with Crippen LogP contribution in [0.3, 0.4) is 0 Å². The molecule has 2 aromatic heterocycles. The van der Waals surface area contributed by atoms with Gasteiger partial charge in [-0.1, -0.05) is 6.07 Å². The number of likely N-dealkylation sites (tertiary alicyclic amines) is 1. The second kappa shape index (κ2) is 8.20. The molecule has 1 saturated carbocycles. The van der Waals surface area contributed by atoms with Gasteiger partial charge in [0, 0.05) is 18.4 Å². The van der Waals surface area contributed by atoms with Gasteiger partial charge >= 0.3 is 0 Å². The molecule has 7 nitrogen and oxygen atoms in total. The highest BCUT2D eigenvalue weighted by molar-refractivity contribution is 5.91. The van der Waals surface area contributed by atoms with Crippen molar-refractivity contribution >= 4 is 22.4 Å². The average molecular weight is 417 g/mol. The number of pyridine rings is 1. The Balaban J connectivity index is 1.47. The number of hydrogen-bond donors (Lipinski definition) is 2. The van der Waals surface area contributed by atoms with E-state index < -0.39 is 0 Å². The lowest BCUT2D eigenvalue weighted by atomic mass is 10.1. The largest absolute Gasteiger partial charge is 0.338 e. The smallest absolute Gasteiger partial charge is 0.261 e. The molecule has 0 unspecified atom stereocenters. The van der Waals surface area contributed by atoms with Crippen molar-refractivity contribution in [2.45, 2.75) is 51.6 Å². The first-order chi connectivity index (χ1) is 15.1. The molecule has 5 rings (SSSR count). The van der Waals surface area contributed by atoms with Crippen molar-refractivity contribution < 1.29 is 0 Å². The van der Waals surface area contributed by atoms with Gasteiger partial charge in [0.2, 0.25) is 0 Å². The van der Waals surface area contributed by atoms with Gasteiger partial charge in [-0.2, -0.15) is 10.4 Å². The van der Waals surface area contributed by atoms with E-state index in [1.54, 1.807) is 6.20 Å². The predicted molar refractivity (Wildman–Crippen MR) is 121 cm³/mol. The monoisotopic (exact) mass is 416 g/mol. The third kappa shape index (κ3) is 3.96. The molecule has 0 amide bonds. The molecular formula is C24H28N6O. The molecule has 0 bridgehead atoms. The number of nitriles is 1. The summed E-state index contributed by atoms with van der Waals surface area (Å²) in [6.07, 6.45) is 6.85. The molecule has 2 N–H and O–H groups in total. The number of nitrogens with one attached hydrogen (secondary N) is 2. The van der Waals surface area contributed by atoms with Crippen LogP contribution in [0, 0.1) is 24.2 Å². The van der Waals surface area contributed by atoms with E-state index in [0.717, 1.165) is 30.6 Å². The van der Waals surface area contributed by atoms with Crippen molar-refractivity contribution in [2.75, 3.05) is 18.4 Å². The van der Waals surface area contributed by atoms with E-state index in [4.69, 9.17) is 5.10 Å². The van der Waals surface area contributed by atoms with E-state index in [-0.39, 0.29) is 11.6 Å². The molecule has 31 heavy (non-hydrogen) atoms. The number of rotatable bonds is 7. The summed E-state index contributed by atoms with van der Waals surface area (Å²) in [5.41, 5.74) is 4.10. The zero-order chi connectivity index (χ0) is 21.4. The summed E-state index contributed by atoms with van der Waals surface area (Å²) < 4.78 is 1.89. The molecule has 1 aliphatic carbocycles. The Morgan fingerprint density at radius 1 is 1.29 bits per heavy atom. The lowest BCUT2D eigenvalue weighted by Gasteiger charge is -2.17. The zero-order valence-electron chi connectivity index (χ0n) is 17.9. The number of aromatic amines is 1. The fourth-order valence-corrected chi connectivity index (χ4v) is 4.74. The SMILES string of the molecule is Cc1cc(Nc2nn([C@@H](CC#N)C3CC3)c3cc[nH]c(=O)c23)ccc1CN1CCCC1. The minimum Gasteiger partial charge on any atom is -0.338 e. The van der Waals surface area contributed by atoms with Crippen LogP contribution in [0.5, 0.6) is 0 Å². The number of aryl methyl sites for hydroxylation is 1. The summed E-state index contributed by atoms with van der Waals surface area (Å²) in [4.78, 5) is 17.9. The van der Waals surface area contributed by atoms with Crippen LogP contribution in [-0.2, 0) is 6.54 Å². The number of anilines is 2. The number of hydrogen-bond acceptors (Lipinski definition) is 5. The van der Waals surface area contributed by atoms with Crippen molar-refractivity contribution in [3.63, 3.8) is 0 Å². The third-order valence-corrected chi connectivity index (χ3v) is 6.61. The summed E-state index contributed by atoms with van der Waals surface area (Å²) in [5, 5.41) is 18.0. The second-order valence-electron chi connectivity index (χ2n) is 8.88. The highest BCUT2D eigenvalue weighted by Gasteiger charge is 2.34. The number of H-pyrrole nitrogens is 1. The van der Waals surface area contributed by atoms with E-state index in [1.165, 1.54) is 37.1 Å². The Hall–Kier alpha value is -3.11. The second-order valence-corrected chi connectivity index (χ2v) is 8.88. The highest BCUT2D eigenvalue weighted by atomic mass is 16.1. The number of aromatic nitrogens is 3. The molecule has 160 valence electrons. The molecule has 1 saturated heterocycles. The third-order valence-electron chi connectivity index (χ3n) is 6.61. The van der Waals surface area contributed by atoms with E-state index in [2.05, 4.69) is 46.4 Å². The van der Waals surface area contributed by atoms with Gasteiger partial charge in [-0.25, -0.2) is 0 Å². The molecule has 3 aromatic rings. The number of fused-ring (bicyclic) bond motifs is 1. The Kier molecular flexibility index (Phi) is 5.24. The molecule has 1 aliphatic heterocycles. The van der Waals surface area contributed by atoms with Crippen LogP contribution < -0.4 is 10.9 Å². The van der Waals surface area contributed by atoms with Crippen molar-refractivity contribution in [2.24, 2.45) is 5.92 Å². The van der Waals surface area contributed by atoms with Gasteiger partial charge in [-0.15, -0.1) is 0 Å². The van der Waals surface area contributed by atoms with Gasteiger partial charge in [0.15, 0.2) is 5.82 Å². The van der Waals surface area contributed by atoms with Gasteiger partial charge in [-0.05, 0) is 80.9 Å². The van der Waals surface area contributed by atoms with Gasteiger partial charge in [-0.3, -0.25) is 14.4 Å². The fraction of sp³-hybridized carbons (Fsp3) is 0.458. The summed E-state index contributed by atoms with van der Waals surface area (Å²) in [7, 11) is 0. The van der Waals surface area contributed by atoms with Crippen molar-refractivity contribution in [1.29, 1.82) is 5.26 Å². The first kappa shape index (κ1) is 19.8. The number of nitrogens with zero attached hydrogens (tertiary/aromatic N) is 4. The predicted octanol–water partition coefficient (Wildman–Crippen LogP) is 4.24. The first-order valence-electron chi connectivity index (χ1n) is 11.2. The first-order valence-corrected chi connectivity index (χ1v) is 11.2. The molecule has 1 aromatic carbocycles. The van der Waals surface area contributed by atoms with E-state index in [0.29, 0.717) is 23.5 Å². The van der Waals surface area contributed by atoms with Gasteiger partial charge < -0.3 is 10.3 Å². The molecule has 0 radical (unpaired) electrons. The lowest BCUT2D eigenvalue weighted by molar-refractivity contribution is 0.331. The molecule has 3 heterocycles. The minimum absolute atomic E-state index is 0.00873. The van der Waals surface area contributed by atoms with Crippen LogP contribution in [0.15, 0.2) is 35.3 Å². The standard InChI is InChI=1S/C24H28N6O/c1-16-14-19(7-6-18(16)15-29-12-2-3-13-29)27-23-22-21(9-11-26-24(22)31)30(28-23)20(8-10-25)17-4-5-17/h6-7,9,11,14,17,20H,2-5,8,12-13,15H2,1H3,(H,26,31)(H,27,28)/t20-/m0/s1.